The number of amides is 2. The van der Waals surface area contributed by atoms with Gasteiger partial charge in [0.2, 0.25) is 5.82 Å². The molecule has 1 atom stereocenters. The molecule has 0 saturated heterocycles. The third-order valence-corrected chi connectivity index (χ3v) is 4.82. The Balaban J connectivity index is 1.57. The van der Waals surface area contributed by atoms with Crippen molar-refractivity contribution in [1.29, 1.82) is 0 Å². The van der Waals surface area contributed by atoms with Crippen LogP contribution in [0.4, 0.5) is 0 Å². The maximum absolute atomic E-state index is 12.9. The van der Waals surface area contributed by atoms with Crippen LogP contribution in [0.25, 0.3) is 5.52 Å². The van der Waals surface area contributed by atoms with Crippen LogP contribution in [-0.2, 0) is 6.54 Å². The van der Waals surface area contributed by atoms with E-state index in [9.17, 15) is 9.59 Å². The lowest BCUT2D eigenvalue weighted by Crippen LogP contribution is -2.27. The quantitative estimate of drug-likeness (QED) is 0.521. The topological polar surface area (TPSA) is 88.4 Å². The van der Waals surface area contributed by atoms with Crippen molar-refractivity contribution in [3.63, 3.8) is 0 Å². The second kappa shape index (κ2) is 8.57. The van der Waals surface area contributed by atoms with Gasteiger partial charge in [0.15, 0.2) is 5.69 Å². The van der Waals surface area contributed by atoms with Gasteiger partial charge in [-0.15, -0.1) is 0 Å². The van der Waals surface area contributed by atoms with Crippen molar-refractivity contribution in [3.8, 4) is 0 Å². The fourth-order valence-corrected chi connectivity index (χ4v) is 3.22. The van der Waals surface area contributed by atoms with Crippen LogP contribution in [0.2, 0.25) is 0 Å². The number of benzene rings is 1. The van der Waals surface area contributed by atoms with E-state index in [2.05, 4.69) is 20.6 Å². The lowest BCUT2D eigenvalue weighted by atomic mass is 10.1. The Hall–Kier alpha value is -4.00. The monoisotopic (exact) mass is 399 g/mol. The first-order valence-corrected chi connectivity index (χ1v) is 9.63. The first kappa shape index (κ1) is 19.3. The van der Waals surface area contributed by atoms with E-state index in [-0.39, 0.29) is 29.4 Å². The second-order valence-corrected chi connectivity index (χ2v) is 6.88. The number of rotatable bonds is 6. The molecule has 3 aromatic heterocycles. The highest BCUT2D eigenvalue weighted by atomic mass is 16.2. The number of hydrogen-bond acceptors (Lipinski definition) is 4. The molecule has 150 valence electrons. The summed E-state index contributed by atoms with van der Waals surface area (Å²) in [7, 11) is 0. The summed E-state index contributed by atoms with van der Waals surface area (Å²) in [6.45, 7) is 2.25. The van der Waals surface area contributed by atoms with Crippen molar-refractivity contribution >= 4 is 17.3 Å². The summed E-state index contributed by atoms with van der Waals surface area (Å²) >= 11 is 0. The molecular weight excluding hydrogens is 378 g/mol. The molecule has 0 bridgehead atoms. The van der Waals surface area contributed by atoms with Crippen LogP contribution in [0.3, 0.4) is 0 Å². The number of hydrogen-bond donors (Lipinski definition) is 2. The van der Waals surface area contributed by atoms with E-state index in [4.69, 9.17) is 0 Å². The number of carbonyl (C=O) groups is 2. The van der Waals surface area contributed by atoms with Gasteiger partial charge in [-0.25, -0.2) is 4.98 Å². The second-order valence-electron chi connectivity index (χ2n) is 6.88. The standard InChI is InChI=1S/C23H21N5O2/c1-16(18-7-3-2-4-8-18)26-22(29)20-19-9-5-6-14-28(19)21(27-20)23(30)25-15-17-10-12-24-13-11-17/h2-14,16H,15H2,1H3,(H,25,30)(H,26,29). The summed E-state index contributed by atoms with van der Waals surface area (Å²) in [6, 6.07) is 18.5. The molecule has 0 aliphatic heterocycles. The van der Waals surface area contributed by atoms with E-state index in [1.165, 1.54) is 0 Å². The van der Waals surface area contributed by atoms with Gasteiger partial charge in [0, 0.05) is 25.1 Å². The largest absolute Gasteiger partial charge is 0.345 e. The molecule has 0 fully saturated rings. The molecule has 1 unspecified atom stereocenters. The molecule has 3 heterocycles. The number of nitrogens with zero attached hydrogens (tertiary/aromatic N) is 3. The van der Waals surface area contributed by atoms with Crippen LogP contribution in [0.15, 0.2) is 79.3 Å². The van der Waals surface area contributed by atoms with Crippen molar-refractivity contribution in [2.45, 2.75) is 19.5 Å². The Labute approximate surface area is 173 Å². The minimum Gasteiger partial charge on any atom is -0.345 e. The number of fused-ring (bicyclic) bond motifs is 1. The van der Waals surface area contributed by atoms with Crippen molar-refractivity contribution < 1.29 is 9.59 Å². The van der Waals surface area contributed by atoms with Gasteiger partial charge in [-0.2, -0.15) is 0 Å². The molecular formula is C23H21N5O2. The molecule has 4 aromatic rings. The van der Waals surface area contributed by atoms with Gasteiger partial charge in [-0.05, 0) is 42.3 Å². The van der Waals surface area contributed by atoms with Crippen LogP contribution >= 0.6 is 0 Å². The van der Waals surface area contributed by atoms with E-state index < -0.39 is 0 Å². The molecule has 0 aliphatic carbocycles. The van der Waals surface area contributed by atoms with Crippen LogP contribution in [0.5, 0.6) is 0 Å². The van der Waals surface area contributed by atoms with Gasteiger partial charge in [0.1, 0.15) is 0 Å². The predicted octanol–water partition coefficient (Wildman–Crippen LogP) is 3.15. The molecule has 0 aliphatic rings. The van der Waals surface area contributed by atoms with Crippen molar-refractivity contribution in [3.05, 3.63) is 102 Å². The van der Waals surface area contributed by atoms with Gasteiger partial charge < -0.3 is 10.6 Å². The van der Waals surface area contributed by atoms with Gasteiger partial charge in [0.25, 0.3) is 11.8 Å². The number of nitrogens with one attached hydrogen (secondary N) is 2. The summed E-state index contributed by atoms with van der Waals surface area (Å²) in [5, 5.41) is 5.81. The highest BCUT2D eigenvalue weighted by molar-refractivity contribution is 6.02. The highest BCUT2D eigenvalue weighted by Gasteiger charge is 2.22. The Kier molecular flexibility index (Phi) is 5.52. The SMILES string of the molecule is CC(NC(=O)c1nc(C(=O)NCc2ccncc2)n2ccccc12)c1ccccc1. The van der Waals surface area contributed by atoms with Crippen molar-refractivity contribution in [2.75, 3.05) is 0 Å². The minimum atomic E-state index is -0.358. The number of pyridine rings is 2. The van der Waals surface area contributed by atoms with Crippen LogP contribution in [0.1, 0.15) is 45.2 Å². The summed E-state index contributed by atoms with van der Waals surface area (Å²) < 4.78 is 1.63. The summed E-state index contributed by atoms with van der Waals surface area (Å²) in [6.07, 6.45) is 5.06. The Morgan fingerprint density at radius 1 is 0.967 bits per heavy atom. The average Bonchev–Trinajstić information content (AvgIpc) is 3.19. The van der Waals surface area contributed by atoms with Gasteiger partial charge >= 0.3 is 0 Å². The molecule has 7 heteroatoms. The average molecular weight is 399 g/mol. The van der Waals surface area contributed by atoms with Crippen LogP contribution in [0, 0.1) is 0 Å². The summed E-state index contributed by atoms with van der Waals surface area (Å²) in [5.74, 6) is -0.524. The van der Waals surface area contributed by atoms with E-state index in [0.29, 0.717) is 12.1 Å². The molecule has 0 spiro atoms. The minimum absolute atomic E-state index is 0.164. The first-order valence-electron chi connectivity index (χ1n) is 9.63. The fourth-order valence-electron chi connectivity index (χ4n) is 3.22. The first-order chi connectivity index (χ1) is 14.6. The van der Waals surface area contributed by atoms with Crippen molar-refractivity contribution in [2.24, 2.45) is 0 Å². The lowest BCUT2D eigenvalue weighted by molar-refractivity contribution is 0.0936. The Morgan fingerprint density at radius 2 is 1.70 bits per heavy atom. The molecule has 0 saturated carbocycles. The van der Waals surface area contributed by atoms with Crippen molar-refractivity contribution in [1.82, 2.24) is 25.0 Å². The molecule has 2 amide bonds. The molecule has 2 N–H and O–H groups in total. The normalized spacial score (nSPS) is 11.8. The molecule has 0 radical (unpaired) electrons. The maximum atomic E-state index is 12.9. The zero-order valence-corrected chi connectivity index (χ0v) is 16.4. The summed E-state index contributed by atoms with van der Waals surface area (Å²) in [4.78, 5) is 34.0. The zero-order valence-electron chi connectivity index (χ0n) is 16.4. The van der Waals surface area contributed by atoms with E-state index in [1.807, 2.05) is 55.5 Å². The van der Waals surface area contributed by atoms with E-state index in [1.54, 1.807) is 35.1 Å². The maximum Gasteiger partial charge on any atom is 0.287 e. The smallest absolute Gasteiger partial charge is 0.287 e. The fraction of sp³-hybridized carbons (Fsp3) is 0.130. The molecule has 7 nitrogen and oxygen atoms in total. The third kappa shape index (κ3) is 4.05. The molecule has 1 aromatic carbocycles. The van der Waals surface area contributed by atoms with Crippen LogP contribution in [-0.4, -0.2) is 26.2 Å². The number of aromatic nitrogens is 3. The third-order valence-electron chi connectivity index (χ3n) is 4.82. The number of carbonyl (C=O) groups excluding carboxylic acids is 2. The molecule has 30 heavy (non-hydrogen) atoms. The Bertz CT molecular complexity index is 1170. The van der Waals surface area contributed by atoms with Crippen LogP contribution < -0.4 is 10.6 Å². The number of imidazole rings is 1. The lowest BCUT2D eigenvalue weighted by Gasteiger charge is -2.13. The summed E-state index contributed by atoms with van der Waals surface area (Å²) in [5.41, 5.74) is 2.70. The predicted molar refractivity (Wildman–Crippen MR) is 113 cm³/mol. The van der Waals surface area contributed by atoms with Gasteiger partial charge in [0.05, 0.1) is 11.6 Å². The van der Waals surface area contributed by atoms with Gasteiger partial charge in [-0.3, -0.25) is 19.0 Å². The van der Waals surface area contributed by atoms with E-state index in [0.717, 1.165) is 11.1 Å². The Morgan fingerprint density at radius 3 is 2.47 bits per heavy atom. The van der Waals surface area contributed by atoms with E-state index >= 15 is 0 Å². The highest BCUT2D eigenvalue weighted by Crippen LogP contribution is 2.16. The molecule has 4 rings (SSSR count). The van der Waals surface area contributed by atoms with Gasteiger partial charge in [-0.1, -0.05) is 36.4 Å². The zero-order chi connectivity index (χ0) is 20.9.